The van der Waals surface area contributed by atoms with Crippen LogP contribution in [0.1, 0.15) is 48.4 Å². The zero-order chi connectivity index (χ0) is 22.8. The summed E-state index contributed by atoms with van der Waals surface area (Å²) in [5.41, 5.74) is 5.10. The molecule has 6 heteroatoms. The number of quaternary nitrogens is 1. The maximum absolute atomic E-state index is 11.9. The van der Waals surface area contributed by atoms with Crippen molar-refractivity contribution in [3.63, 3.8) is 0 Å². The third-order valence-electron chi connectivity index (χ3n) is 7.33. The van der Waals surface area contributed by atoms with Crippen LogP contribution in [-0.4, -0.2) is 41.9 Å². The van der Waals surface area contributed by atoms with E-state index in [1.165, 1.54) is 35.3 Å². The molecule has 1 aliphatic heterocycles. The van der Waals surface area contributed by atoms with Crippen molar-refractivity contribution in [3.05, 3.63) is 64.7 Å². The summed E-state index contributed by atoms with van der Waals surface area (Å²) in [7, 11) is -3.50. The van der Waals surface area contributed by atoms with E-state index in [1.54, 1.807) is 0 Å². The Kier molecular flexibility index (Phi) is 7.11. The van der Waals surface area contributed by atoms with Crippen LogP contribution in [0.4, 0.5) is 0 Å². The lowest BCUT2D eigenvalue weighted by molar-refractivity contribution is -0.973. The number of hydrogen-bond acceptors (Lipinski definition) is 3. The van der Waals surface area contributed by atoms with Crippen LogP contribution in [0.25, 0.3) is 0 Å². The molecule has 1 saturated heterocycles. The molecule has 1 unspecified atom stereocenters. The third-order valence-corrected chi connectivity index (χ3v) is 7.92. The molecule has 1 N–H and O–H groups in total. The van der Waals surface area contributed by atoms with Gasteiger partial charge in [-0.1, -0.05) is 49.4 Å². The Hall–Kier alpha value is -1.65. The van der Waals surface area contributed by atoms with Gasteiger partial charge >= 0.3 is 7.60 Å². The first-order chi connectivity index (χ1) is 15.3. The van der Waals surface area contributed by atoms with E-state index in [0.29, 0.717) is 25.3 Å². The first kappa shape index (κ1) is 23.5. The molecule has 1 aliphatic carbocycles. The van der Waals surface area contributed by atoms with Crippen LogP contribution in [0.15, 0.2) is 42.5 Å². The monoisotopic (exact) mass is 458 g/mol. The first-order valence-corrected chi connectivity index (χ1v) is 13.9. The zero-order valence-corrected chi connectivity index (χ0v) is 20.5. The van der Waals surface area contributed by atoms with Gasteiger partial charge in [0.25, 0.3) is 0 Å². The number of rotatable bonds is 8. The van der Waals surface area contributed by atoms with Crippen molar-refractivity contribution in [2.45, 2.75) is 58.6 Å². The number of likely N-dealkylation sites (tertiary alicyclic amines) is 1. The SMILES string of the molecule is CCC[N@+]1(COP(C)(=O)O)CCC[C@@H]2Cc3c(ccc(C)c3OCc3ccccc3)C[C@@H]21. The number of ether oxygens (including phenoxy) is 1. The van der Waals surface area contributed by atoms with Gasteiger partial charge in [0.05, 0.1) is 19.1 Å². The zero-order valence-electron chi connectivity index (χ0n) is 19.6. The fraction of sp³-hybridized carbons (Fsp3) is 0.538. The van der Waals surface area contributed by atoms with Crippen molar-refractivity contribution in [1.82, 2.24) is 0 Å². The normalized spacial score (nSPS) is 26.6. The minimum absolute atomic E-state index is 0.331. The lowest BCUT2D eigenvalue weighted by Gasteiger charge is -2.52. The highest BCUT2D eigenvalue weighted by molar-refractivity contribution is 7.51. The predicted octanol–water partition coefficient (Wildman–Crippen LogP) is 5.47. The van der Waals surface area contributed by atoms with Crippen molar-refractivity contribution in [1.29, 1.82) is 0 Å². The van der Waals surface area contributed by atoms with Gasteiger partial charge in [-0.3, -0.25) is 13.6 Å². The van der Waals surface area contributed by atoms with Crippen molar-refractivity contribution < 1.29 is 23.2 Å². The molecule has 0 saturated carbocycles. The topological polar surface area (TPSA) is 55.8 Å². The summed E-state index contributed by atoms with van der Waals surface area (Å²) in [5.74, 6) is 1.59. The third kappa shape index (κ3) is 5.12. The van der Waals surface area contributed by atoms with Crippen molar-refractivity contribution in [2.75, 3.05) is 26.5 Å². The fourth-order valence-electron chi connectivity index (χ4n) is 5.86. The maximum atomic E-state index is 11.9. The molecule has 2 aliphatic rings. The Morgan fingerprint density at radius 1 is 1.16 bits per heavy atom. The van der Waals surface area contributed by atoms with E-state index in [1.807, 2.05) is 18.2 Å². The second kappa shape index (κ2) is 9.69. The van der Waals surface area contributed by atoms with Gasteiger partial charge in [-0.2, -0.15) is 0 Å². The number of aryl methyl sites for hydroxylation is 1. The van der Waals surface area contributed by atoms with Crippen LogP contribution < -0.4 is 4.74 Å². The molecule has 174 valence electrons. The quantitative estimate of drug-likeness (QED) is 0.421. The minimum atomic E-state index is -3.50. The van der Waals surface area contributed by atoms with Crippen molar-refractivity contribution in [2.24, 2.45) is 5.92 Å². The second-order valence-electron chi connectivity index (χ2n) is 9.73. The lowest BCUT2D eigenvalue weighted by Crippen LogP contribution is -2.64. The molecule has 32 heavy (non-hydrogen) atoms. The van der Waals surface area contributed by atoms with Crippen LogP contribution in [0.5, 0.6) is 5.75 Å². The van der Waals surface area contributed by atoms with Crippen LogP contribution in [-0.2, 0) is 28.5 Å². The van der Waals surface area contributed by atoms with Gasteiger partial charge < -0.3 is 9.63 Å². The highest BCUT2D eigenvalue weighted by atomic mass is 31.2. The van der Waals surface area contributed by atoms with E-state index in [2.05, 4.69) is 38.1 Å². The van der Waals surface area contributed by atoms with Gasteiger partial charge in [-0.05, 0) is 54.9 Å². The van der Waals surface area contributed by atoms with Gasteiger partial charge in [-0.15, -0.1) is 0 Å². The summed E-state index contributed by atoms with van der Waals surface area (Å²) in [4.78, 5) is 9.81. The first-order valence-electron chi connectivity index (χ1n) is 11.9. The number of hydrogen-bond donors (Lipinski definition) is 1. The molecule has 0 amide bonds. The maximum Gasteiger partial charge on any atom is 0.329 e. The number of nitrogens with zero attached hydrogens (tertiary/aromatic N) is 1. The van der Waals surface area contributed by atoms with E-state index in [-0.39, 0.29) is 0 Å². The van der Waals surface area contributed by atoms with Gasteiger partial charge in [-0.25, -0.2) is 0 Å². The number of piperidine rings is 1. The largest absolute Gasteiger partial charge is 0.488 e. The van der Waals surface area contributed by atoms with Crippen molar-refractivity contribution in [3.8, 4) is 5.75 Å². The molecular formula is C26H37NO4P+. The Morgan fingerprint density at radius 3 is 2.66 bits per heavy atom. The van der Waals surface area contributed by atoms with Gasteiger partial charge in [0.2, 0.25) is 0 Å². The summed E-state index contributed by atoms with van der Waals surface area (Å²) >= 11 is 0. The van der Waals surface area contributed by atoms with Crippen LogP contribution in [0.2, 0.25) is 0 Å². The average Bonchev–Trinajstić information content (AvgIpc) is 2.77. The Bertz CT molecular complexity index is 969. The van der Waals surface area contributed by atoms with Crippen LogP contribution in [0, 0.1) is 12.8 Å². The van der Waals surface area contributed by atoms with Gasteiger partial charge in [0, 0.05) is 19.0 Å². The van der Waals surface area contributed by atoms with Gasteiger partial charge in [0.1, 0.15) is 12.4 Å². The molecule has 2 aromatic rings. The molecule has 4 atom stereocenters. The smallest absolute Gasteiger partial charge is 0.329 e. The molecule has 2 aromatic carbocycles. The Balaban J connectivity index is 1.61. The molecule has 0 spiro atoms. The molecule has 1 heterocycles. The van der Waals surface area contributed by atoms with E-state index in [0.717, 1.165) is 49.0 Å². The molecular weight excluding hydrogens is 421 g/mol. The molecule has 5 nitrogen and oxygen atoms in total. The highest BCUT2D eigenvalue weighted by Gasteiger charge is 2.48. The van der Waals surface area contributed by atoms with Gasteiger partial charge in [0.15, 0.2) is 6.73 Å². The van der Waals surface area contributed by atoms with E-state index in [9.17, 15) is 9.46 Å². The Morgan fingerprint density at radius 2 is 1.94 bits per heavy atom. The van der Waals surface area contributed by atoms with Crippen molar-refractivity contribution >= 4 is 7.60 Å². The number of fused-ring (bicyclic) bond motifs is 2. The molecule has 0 aromatic heterocycles. The summed E-state index contributed by atoms with van der Waals surface area (Å²) in [6.07, 6.45) is 5.36. The predicted molar refractivity (Wildman–Crippen MR) is 128 cm³/mol. The summed E-state index contributed by atoms with van der Waals surface area (Å²) in [6, 6.07) is 15.2. The molecule has 0 bridgehead atoms. The second-order valence-corrected chi connectivity index (χ2v) is 11.6. The summed E-state index contributed by atoms with van der Waals surface area (Å²) in [5, 5.41) is 0. The Labute approximate surface area is 192 Å². The van der Waals surface area contributed by atoms with Crippen LogP contribution in [0.3, 0.4) is 0 Å². The summed E-state index contributed by atoms with van der Waals surface area (Å²) in [6.45, 7) is 8.55. The lowest BCUT2D eigenvalue weighted by atomic mass is 9.73. The van der Waals surface area contributed by atoms with E-state index in [4.69, 9.17) is 9.26 Å². The highest BCUT2D eigenvalue weighted by Crippen LogP contribution is 2.45. The summed E-state index contributed by atoms with van der Waals surface area (Å²) < 4.78 is 24.7. The molecule has 0 radical (unpaired) electrons. The minimum Gasteiger partial charge on any atom is -0.488 e. The van der Waals surface area contributed by atoms with E-state index >= 15 is 0 Å². The average molecular weight is 459 g/mol. The fourth-order valence-corrected chi connectivity index (χ4v) is 6.31. The molecule has 4 rings (SSSR count). The standard InChI is InChI=1S/C26H36NO4P/c1-4-14-27(19-31-32(3,28)29)15-8-11-23-16-24-22(17-25(23)27)13-12-20(2)26(24)30-18-21-9-6-5-7-10-21/h5-7,9-10,12-13,23,25H,4,8,11,14-19H2,1-3H3/p+1/t23-,25+,27-/m1/s1. The molecule has 1 fully saturated rings. The number of benzene rings is 2. The van der Waals surface area contributed by atoms with Crippen LogP contribution >= 0.6 is 7.60 Å². The van der Waals surface area contributed by atoms with E-state index < -0.39 is 7.60 Å².